The molecule has 1 saturated heterocycles. The minimum absolute atomic E-state index is 0.0657. The van der Waals surface area contributed by atoms with Crippen molar-refractivity contribution in [2.45, 2.75) is 45.8 Å². The number of hydrogen-bond acceptors (Lipinski definition) is 3. The zero-order chi connectivity index (χ0) is 14.9. The van der Waals surface area contributed by atoms with Crippen molar-refractivity contribution >= 4 is 0 Å². The molecule has 0 radical (unpaired) electrons. The van der Waals surface area contributed by atoms with Gasteiger partial charge in [0.25, 0.3) is 0 Å². The molecule has 1 aromatic heterocycles. The first kappa shape index (κ1) is 12.8. The third kappa shape index (κ3) is 1.54. The van der Waals surface area contributed by atoms with Crippen LogP contribution in [0.4, 0.5) is 0 Å². The zero-order valence-electron chi connectivity index (χ0n) is 12.5. The van der Waals surface area contributed by atoms with E-state index in [1.165, 1.54) is 5.56 Å². The fraction of sp³-hybridized carbons (Fsp3) is 0.412. The van der Waals surface area contributed by atoms with Gasteiger partial charge in [-0.25, -0.2) is 0 Å². The molecule has 2 aliphatic rings. The summed E-state index contributed by atoms with van der Waals surface area (Å²) < 4.78 is 7.34. The summed E-state index contributed by atoms with van der Waals surface area (Å²) in [6.45, 7) is 6.10. The van der Waals surface area contributed by atoms with Crippen molar-refractivity contribution in [1.29, 1.82) is 0 Å². The van der Waals surface area contributed by atoms with Gasteiger partial charge in [0.15, 0.2) is 0 Å². The first-order valence-electron chi connectivity index (χ1n) is 7.39. The fourth-order valence-corrected chi connectivity index (χ4v) is 3.69. The Hall–Kier alpha value is -1.94. The largest absolute Gasteiger partial charge is 0.494 e. The average Bonchev–Trinajstić information content (AvgIpc) is 3.09. The van der Waals surface area contributed by atoms with E-state index in [9.17, 15) is 10.2 Å². The van der Waals surface area contributed by atoms with Gasteiger partial charge < -0.3 is 14.9 Å². The molecule has 0 amide bonds. The molecule has 0 unspecified atom stereocenters. The van der Waals surface area contributed by atoms with Gasteiger partial charge in [0.2, 0.25) is 11.8 Å². The molecular formula is C17H19NO3. The van der Waals surface area contributed by atoms with Crippen molar-refractivity contribution in [3.05, 3.63) is 39.9 Å². The van der Waals surface area contributed by atoms with E-state index in [0.717, 1.165) is 40.8 Å². The Morgan fingerprint density at radius 3 is 2.00 bits per heavy atom. The summed E-state index contributed by atoms with van der Waals surface area (Å²) in [5, 5.41) is 21.2. The van der Waals surface area contributed by atoms with Crippen molar-refractivity contribution in [1.82, 2.24) is 4.57 Å². The quantitative estimate of drug-likeness (QED) is 0.839. The lowest BCUT2D eigenvalue weighted by Crippen LogP contribution is -2.00. The highest BCUT2D eigenvalue weighted by Crippen LogP contribution is 2.58. The number of aromatic nitrogens is 1. The van der Waals surface area contributed by atoms with Crippen LogP contribution >= 0.6 is 0 Å². The van der Waals surface area contributed by atoms with Crippen LogP contribution in [0.15, 0.2) is 12.1 Å². The Kier molecular flexibility index (Phi) is 2.46. The normalized spacial score (nSPS) is 22.8. The first-order valence-corrected chi connectivity index (χ1v) is 7.39. The van der Waals surface area contributed by atoms with Gasteiger partial charge in [-0.1, -0.05) is 6.07 Å². The van der Waals surface area contributed by atoms with Crippen molar-refractivity contribution in [3.63, 3.8) is 0 Å². The highest BCUT2D eigenvalue weighted by atomic mass is 16.5. The highest BCUT2D eigenvalue weighted by Gasteiger charge is 2.45. The Bertz CT molecular complexity index is 727. The molecule has 4 nitrogen and oxygen atoms in total. The van der Waals surface area contributed by atoms with E-state index in [2.05, 4.69) is 13.0 Å². The maximum atomic E-state index is 10.6. The number of rotatable bonds is 1. The molecule has 2 aromatic rings. The summed E-state index contributed by atoms with van der Waals surface area (Å²) in [5.74, 6) is 0.252. The molecule has 21 heavy (non-hydrogen) atoms. The van der Waals surface area contributed by atoms with Crippen molar-refractivity contribution in [2.24, 2.45) is 0 Å². The van der Waals surface area contributed by atoms with Gasteiger partial charge in [0.05, 0.1) is 29.0 Å². The minimum Gasteiger partial charge on any atom is -0.494 e. The third-order valence-electron chi connectivity index (χ3n) is 4.91. The lowest BCUT2D eigenvalue weighted by molar-refractivity contribution is 0.0682. The summed E-state index contributed by atoms with van der Waals surface area (Å²) in [4.78, 5) is 0. The van der Waals surface area contributed by atoms with E-state index >= 15 is 0 Å². The topological polar surface area (TPSA) is 54.6 Å². The standard InChI is InChI=1S/C17H19NO3/c1-8-6-10(3)11(7-9(8)2)18-16(19)14-12-4-5-13(21-12)15(14)17(18)20/h6-7,12-13,19-20H,4-5H2,1-3H3/t12-,13+. The Morgan fingerprint density at radius 2 is 1.43 bits per heavy atom. The molecule has 0 saturated carbocycles. The summed E-state index contributed by atoms with van der Waals surface area (Å²) in [6.07, 6.45) is 1.70. The summed E-state index contributed by atoms with van der Waals surface area (Å²) >= 11 is 0. The molecule has 2 atom stereocenters. The Balaban J connectivity index is 1.98. The number of fused-ring (bicyclic) bond motifs is 5. The maximum absolute atomic E-state index is 10.6. The van der Waals surface area contributed by atoms with Gasteiger partial charge in [0.1, 0.15) is 0 Å². The van der Waals surface area contributed by atoms with Crippen molar-refractivity contribution in [3.8, 4) is 17.4 Å². The molecule has 4 rings (SSSR count). The predicted octanol–water partition coefficient (Wildman–Crippen LogP) is 3.72. The summed E-state index contributed by atoms with van der Waals surface area (Å²) in [6, 6.07) is 4.10. The van der Waals surface area contributed by atoms with Crippen LogP contribution in [0.2, 0.25) is 0 Å². The molecule has 1 fully saturated rings. The molecule has 4 heteroatoms. The number of benzene rings is 1. The van der Waals surface area contributed by atoms with Gasteiger partial charge in [-0.2, -0.15) is 0 Å². The van der Waals surface area contributed by atoms with Crippen LogP contribution in [-0.2, 0) is 4.74 Å². The van der Waals surface area contributed by atoms with E-state index in [1.54, 1.807) is 4.57 Å². The second-order valence-electron chi connectivity index (χ2n) is 6.22. The van der Waals surface area contributed by atoms with Crippen LogP contribution in [0, 0.1) is 20.8 Å². The van der Waals surface area contributed by atoms with Crippen molar-refractivity contribution in [2.75, 3.05) is 0 Å². The Morgan fingerprint density at radius 1 is 0.905 bits per heavy atom. The maximum Gasteiger partial charge on any atom is 0.205 e. The van der Waals surface area contributed by atoms with E-state index in [0.29, 0.717) is 0 Å². The second kappa shape index (κ2) is 4.04. The molecule has 3 heterocycles. The highest BCUT2D eigenvalue weighted by molar-refractivity contribution is 5.59. The number of ether oxygens (including phenoxy) is 1. The van der Waals surface area contributed by atoms with E-state index in [1.807, 2.05) is 19.9 Å². The molecule has 110 valence electrons. The second-order valence-corrected chi connectivity index (χ2v) is 6.22. The van der Waals surface area contributed by atoms with Crippen LogP contribution < -0.4 is 0 Å². The molecule has 1 aromatic carbocycles. The number of nitrogens with zero attached hydrogens (tertiary/aromatic N) is 1. The van der Waals surface area contributed by atoms with Gasteiger partial charge in [-0.3, -0.25) is 4.57 Å². The number of aromatic hydroxyl groups is 2. The van der Waals surface area contributed by atoms with Crippen LogP contribution in [0.3, 0.4) is 0 Å². The summed E-state index contributed by atoms with van der Waals surface area (Å²) in [7, 11) is 0. The van der Waals surface area contributed by atoms with Crippen LogP contribution in [-0.4, -0.2) is 14.8 Å². The molecule has 2 bridgehead atoms. The van der Waals surface area contributed by atoms with Crippen LogP contribution in [0.5, 0.6) is 11.8 Å². The summed E-state index contributed by atoms with van der Waals surface area (Å²) in [5.41, 5.74) is 5.77. The minimum atomic E-state index is -0.0657. The molecule has 0 aliphatic carbocycles. The predicted molar refractivity (Wildman–Crippen MR) is 79.1 cm³/mol. The van der Waals surface area contributed by atoms with Crippen LogP contribution in [0.25, 0.3) is 5.69 Å². The molecule has 0 spiro atoms. The van der Waals surface area contributed by atoms with E-state index in [4.69, 9.17) is 4.74 Å². The Labute approximate surface area is 123 Å². The fourth-order valence-electron chi connectivity index (χ4n) is 3.69. The number of aryl methyl sites for hydroxylation is 3. The lowest BCUT2D eigenvalue weighted by Gasteiger charge is -2.14. The lowest BCUT2D eigenvalue weighted by atomic mass is 9.95. The third-order valence-corrected chi connectivity index (χ3v) is 4.91. The smallest absolute Gasteiger partial charge is 0.205 e. The van der Waals surface area contributed by atoms with Gasteiger partial charge >= 0.3 is 0 Å². The SMILES string of the molecule is Cc1cc(C)c(-n2c(O)c3c(c2O)[C@H]2CC[C@@H]3O2)cc1C. The van der Waals surface area contributed by atoms with Gasteiger partial charge in [-0.05, 0) is 56.4 Å². The average molecular weight is 285 g/mol. The molecule has 2 aliphatic heterocycles. The first-order chi connectivity index (χ1) is 9.99. The van der Waals surface area contributed by atoms with E-state index < -0.39 is 0 Å². The molecular weight excluding hydrogens is 266 g/mol. The monoisotopic (exact) mass is 285 g/mol. The van der Waals surface area contributed by atoms with Crippen LogP contribution in [0.1, 0.15) is 52.9 Å². The van der Waals surface area contributed by atoms with Gasteiger partial charge in [-0.15, -0.1) is 0 Å². The molecule has 2 N–H and O–H groups in total. The van der Waals surface area contributed by atoms with Crippen molar-refractivity contribution < 1.29 is 14.9 Å². The zero-order valence-corrected chi connectivity index (χ0v) is 12.5. The van der Waals surface area contributed by atoms with Gasteiger partial charge in [0, 0.05) is 0 Å². The number of hydrogen-bond donors (Lipinski definition) is 2. The van der Waals surface area contributed by atoms with E-state index in [-0.39, 0.29) is 24.0 Å².